The number of carbonyl (C=O) groups is 1. The second kappa shape index (κ2) is 7.95. The van der Waals surface area contributed by atoms with Crippen molar-refractivity contribution >= 4 is 17.9 Å². The third kappa shape index (κ3) is 4.65. The summed E-state index contributed by atoms with van der Waals surface area (Å²) in [5, 5.41) is 10.1. The maximum absolute atomic E-state index is 13.4. The number of aromatic nitrogens is 2. The number of likely N-dealkylation sites (tertiary alicyclic amines) is 1. The van der Waals surface area contributed by atoms with Crippen molar-refractivity contribution in [2.45, 2.75) is 19.5 Å². The Bertz CT molecular complexity index is 883. The number of piperidine rings is 1. The molecular weight excluding hydrogens is 376 g/mol. The van der Waals surface area contributed by atoms with Crippen molar-refractivity contribution in [2.75, 3.05) is 18.4 Å². The van der Waals surface area contributed by atoms with E-state index in [1.807, 2.05) is 6.92 Å². The highest BCUT2D eigenvalue weighted by Gasteiger charge is 2.34. The third-order valence-electron chi connectivity index (χ3n) is 4.54. The fourth-order valence-corrected chi connectivity index (χ4v) is 3.07. The van der Waals surface area contributed by atoms with Gasteiger partial charge in [-0.25, -0.2) is 9.18 Å². The van der Waals surface area contributed by atoms with Gasteiger partial charge in [-0.3, -0.25) is 5.32 Å². The van der Waals surface area contributed by atoms with Crippen LogP contribution < -0.4 is 5.32 Å². The molecule has 2 heterocycles. The largest absolute Gasteiger partial charge is 0.419 e. The number of halogens is 4. The zero-order valence-electron chi connectivity index (χ0n) is 15.0. The van der Waals surface area contributed by atoms with Gasteiger partial charge in [0.05, 0.1) is 5.56 Å². The van der Waals surface area contributed by atoms with Crippen LogP contribution in [0.25, 0.3) is 6.08 Å². The number of hydrogen-bond acceptors (Lipinski definition) is 3. The molecule has 0 spiro atoms. The Morgan fingerprint density at radius 2 is 2.11 bits per heavy atom. The molecule has 5 nitrogen and oxygen atoms in total. The number of benzene rings is 1. The molecule has 2 aromatic rings. The summed E-state index contributed by atoms with van der Waals surface area (Å²) in [7, 11) is 0. The van der Waals surface area contributed by atoms with Gasteiger partial charge in [0.2, 0.25) is 0 Å². The van der Waals surface area contributed by atoms with E-state index >= 15 is 0 Å². The molecule has 28 heavy (non-hydrogen) atoms. The van der Waals surface area contributed by atoms with Gasteiger partial charge in [0, 0.05) is 19.3 Å². The highest BCUT2D eigenvalue weighted by molar-refractivity contribution is 5.88. The number of urea groups is 1. The number of amides is 2. The van der Waals surface area contributed by atoms with Gasteiger partial charge in [-0.2, -0.15) is 18.3 Å². The number of carbonyl (C=O) groups excluding carboxylic acids is 1. The van der Waals surface area contributed by atoms with E-state index in [2.05, 4.69) is 15.5 Å². The molecular formula is C19H18F4N4O. The van der Waals surface area contributed by atoms with Crippen LogP contribution in [0.5, 0.6) is 0 Å². The lowest BCUT2D eigenvalue weighted by atomic mass is 9.91. The average Bonchev–Trinajstić information content (AvgIpc) is 2.64. The molecule has 1 aliphatic rings. The summed E-state index contributed by atoms with van der Waals surface area (Å²) in [6, 6.07) is 5.91. The third-order valence-corrected chi connectivity index (χ3v) is 4.54. The lowest BCUT2D eigenvalue weighted by Gasteiger charge is -2.33. The summed E-state index contributed by atoms with van der Waals surface area (Å²) < 4.78 is 52.1. The van der Waals surface area contributed by atoms with Crippen LogP contribution in [0.15, 0.2) is 42.1 Å². The van der Waals surface area contributed by atoms with Crippen molar-refractivity contribution in [1.29, 1.82) is 0 Å². The van der Waals surface area contributed by atoms with Gasteiger partial charge in [-0.1, -0.05) is 24.6 Å². The minimum absolute atomic E-state index is 0.0549. The first-order valence-corrected chi connectivity index (χ1v) is 8.65. The SMILES string of the molecule is CC1CN(C(=O)Nc2cccnn2)CC/C1=C\c1ccc(F)c(C(F)(F)F)c1. The topological polar surface area (TPSA) is 58.1 Å². The van der Waals surface area contributed by atoms with Gasteiger partial charge < -0.3 is 4.90 Å². The van der Waals surface area contributed by atoms with Crippen LogP contribution in [0.2, 0.25) is 0 Å². The van der Waals surface area contributed by atoms with Crippen molar-refractivity contribution < 1.29 is 22.4 Å². The van der Waals surface area contributed by atoms with Crippen molar-refractivity contribution in [1.82, 2.24) is 15.1 Å². The van der Waals surface area contributed by atoms with Crippen molar-refractivity contribution in [3.05, 3.63) is 59.0 Å². The maximum atomic E-state index is 13.4. The van der Waals surface area contributed by atoms with E-state index in [0.717, 1.165) is 17.7 Å². The lowest BCUT2D eigenvalue weighted by molar-refractivity contribution is -0.140. The Balaban J connectivity index is 1.69. The Morgan fingerprint density at radius 3 is 2.75 bits per heavy atom. The molecule has 2 amide bonds. The van der Waals surface area contributed by atoms with Gasteiger partial charge >= 0.3 is 12.2 Å². The van der Waals surface area contributed by atoms with Gasteiger partial charge in [0.25, 0.3) is 0 Å². The lowest BCUT2D eigenvalue weighted by Crippen LogP contribution is -2.42. The fourth-order valence-electron chi connectivity index (χ4n) is 3.07. The van der Waals surface area contributed by atoms with E-state index in [0.29, 0.717) is 25.3 Å². The predicted octanol–water partition coefficient (Wildman–Crippen LogP) is 4.59. The number of anilines is 1. The smallest absolute Gasteiger partial charge is 0.324 e. The molecule has 9 heteroatoms. The van der Waals surface area contributed by atoms with E-state index in [4.69, 9.17) is 0 Å². The Hall–Kier alpha value is -2.97. The molecule has 0 aliphatic carbocycles. The predicted molar refractivity (Wildman–Crippen MR) is 95.8 cm³/mol. The summed E-state index contributed by atoms with van der Waals surface area (Å²) in [6.45, 7) is 2.71. The average molecular weight is 394 g/mol. The van der Waals surface area contributed by atoms with Crippen LogP contribution in [0, 0.1) is 11.7 Å². The van der Waals surface area contributed by atoms with E-state index in [1.165, 1.54) is 12.3 Å². The number of nitrogens with zero attached hydrogens (tertiary/aromatic N) is 3. The molecule has 1 unspecified atom stereocenters. The minimum Gasteiger partial charge on any atom is -0.324 e. The zero-order chi connectivity index (χ0) is 20.3. The highest BCUT2D eigenvalue weighted by Crippen LogP contribution is 2.33. The van der Waals surface area contributed by atoms with Crippen LogP contribution >= 0.6 is 0 Å². The molecule has 0 bridgehead atoms. The molecule has 1 aromatic heterocycles. The van der Waals surface area contributed by atoms with Gasteiger partial charge in [0.15, 0.2) is 5.82 Å². The molecule has 1 aliphatic heterocycles. The number of nitrogens with one attached hydrogen (secondary N) is 1. The minimum atomic E-state index is -4.74. The monoisotopic (exact) mass is 394 g/mol. The first-order valence-electron chi connectivity index (χ1n) is 8.65. The Labute approximate surface area is 159 Å². The van der Waals surface area contributed by atoms with Crippen LogP contribution in [-0.2, 0) is 6.18 Å². The summed E-state index contributed by atoms with van der Waals surface area (Å²) in [6.07, 6.45) is -1.10. The highest BCUT2D eigenvalue weighted by atomic mass is 19.4. The van der Waals surface area contributed by atoms with E-state index in [1.54, 1.807) is 23.1 Å². The summed E-state index contributed by atoms with van der Waals surface area (Å²) in [5.41, 5.74) is -0.0911. The zero-order valence-corrected chi connectivity index (χ0v) is 15.0. The molecule has 1 atom stereocenters. The summed E-state index contributed by atoms with van der Waals surface area (Å²) in [5.74, 6) is -1.01. The van der Waals surface area contributed by atoms with Crippen molar-refractivity contribution in [3.8, 4) is 0 Å². The summed E-state index contributed by atoms with van der Waals surface area (Å²) >= 11 is 0. The number of alkyl halides is 3. The second-order valence-electron chi connectivity index (χ2n) is 6.59. The second-order valence-corrected chi connectivity index (χ2v) is 6.59. The summed E-state index contributed by atoms with van der Waals surface area (Å²) in [4.78, 5) is 13.9. The molecule has 1 N–H and O–H groups in total. The first kappa shape index (κ1) is 19.8. The van der Waals surface area contributed by atoms with Crippen LogP contribution in [-0.4, -0.2) is 34.2 Å². The van der Waals surface area contributed by atoms with Crippen molar-refractivity contribution in [3.63, 3.8) is 0 Å². The standard InChI is InChI=1S/C19H18F4N4O/c1-12-11-27(18(28)25-17-3-2-7-24-26-17)8-6-14(12)9-13-4-5-16(20)15(10-13)19(21,22)23/h2-5,7,9-10,12H,6,8,11H2,1H3,(H,25,26,28)/b14-9+. The van der Waals surface area contributed by atoms with E-state index in [-0.39, 0.29) is 17.5 Å². The molecule has 148 valence electrons. The molecule has 0 saturated carbocycles. The van der Waals surface area contributed by atoms with Crippen LogP contribution in [0.3, 0.4) is 0 Å². The fraction of sp³-hybridized carbons (Fsp3) is 0.316. The maximum Gasteiger partial charge on any atom is 0.419 e. The van der Waals surface area contributed by atoms with Crippen molar-refractivity contribution in [2.24, 2.45) is 5.92 Å². The first-order chi connectivity index (χ1) is 13.2. The Kier molecular flexibility index (Phi) is 5.62. The molecule has 1 saturated heterocycles. The van der Waals surface area contributed by atoms with E-state index in [9.17, 15) is 22.4 Å². The number of hydrogen-bond donors (Lipinski definition) is 1. The van der Waals surface area contributed by atoms with Gasteiger partial charge in [-0.05, 0) is 42.2 Å². The molecule has 3 rings (SSSR count). The molecule has 0 radical (unpaired) electrons. The molecule has 1 aromatic carbocycles. The van der Waals surface area contributed by atoms with Crippen LogP contribution in [0.1, 0.15) is 24.5 Å². The Morgan fingerprint density at radius 1 is 1.32 bits per heavy atom. The van der Waals surface area contributed by atoms with Gasteiger partial charge in [0.1, 0.15) is 5.82 Å². The quantitative estimate of drug-likeness (QED) is 0.758. The normalized spacial score (nSPS) is 19.0. The number of rotatable bonds is 2. The van der Waals surface area contributed by atoms with Crippen LogP contribution in [0.4, 0.5) is 28.2 Å². The van der Waals surface area contributed by atoms with E-state index < -0.39 is 17.6 Å². The molecule has 1 fully saturated rings. The van der Waals surface area contributed by atoms with Gasteiger partial charge in [-0.15, -0.1) is 5.10 Å².